The van der Waals surface area contributed by atoms with Gasteiger partial charge in [-0.25, -0.2) is 4.98 Å². The van der Waals surface area contributed by atoms with Crippen LogP contribution in [0.25, 0.3) is 0 Å². The van der Waals surface area contributed by atoms with Crippen LogP contribution in [-0.2, 0) is 26.1 Å². The summed E-state index contributed by atoms with van der Waals surface area (Å²) in [6.07, 6.45) is 6.57. The highest BCUT2D eigenvalue weighted by Gasteiger charge is 2.12. The summed E-state index contributed by atoms with van der Waals surface area (Å²) in [5.74, 6) is 0. The Kier molecular flexibility index (Phi) is 5.15. The number of hydrogen-bond donors (Lipinski definition) is 1. The number of aryl methyl sites for hydroxylation is 2. The summed E-state index contributed by atoms with van der Waals surface area (Å²) < 4.78 is 5.27. The van der Waals surface area contributed by atoms with Gasteiger partial charge < -0.3 is 9.88 Å². The first-order valence-corrected chi connectivity index (χ1v) is 7.46. The van der Waals surface area contributed by atoms with Crippen molar-refractivity contribution in [2.75, 3.05) is 6.54 Å². The van der Waals surface area contributed by atoms with E-state index in [1.54, 1.807) is 6.20 Å². The van der Waals surface area contributed by atoms with Gasteiger partial charge in [-0.3, -0.25) is 4.68 Å². The molecular weight excluding hydrogens is 306 g/mol. The van der Waals surface area contributed by atoms with Gasteiger partial charge in [0.2, 0.25) is 0 Å². The second-order valence-electron chi connectivity index (χ2n) is 4.35. The highest BCUT2D eigenvalue weighted by atomic mass is 79.9. The van der Waals surface area contributed by atoms with Gasteiger partial charge in [0.1, 0.15) is 0 Å². The van der Waals surface area contributed by atoms with E-state index in [2.05, 4.69) is 54.4 Å². The Morgan fingerprint density at radius 2 is 2.21 bits per heavy atom. The minimum Gasteiger partial charge on any atom is -0.336 e. The maximum absolute atomic E-state index is 4.59. The molecule has 104 valence electrons. The molecule has 2 rings (SSSR count). The summed E-state index contributed by atoms with van der Waals surface area (Å²) in [7, 11) is 0. The molecule has 0 amide bonds. The van der Waals surface area contributed by atoms with Crippen LogP contribution in [0.4, 0.5) is 0 Å². The molecular formula is C13H20BrN5. The van der Waals surface area contributed by atoms with E-state index in [-0.39, 0.29) is 0 Å². The van der Waals surface area contributed by atoms with Gasteiger partial charge in [-0.05, 0) is 29.3 Å². The van der Waals surface area contributed by atoms with E-state index in [4.69, 9.17) is 0 Å². The van der Waals surface area contributed by atoms with Crippen molar-refractivity contribution < 1.29 is 0 Å². The molecule has 0 atom stereocenters. The number of halogens is 1. The maximum atomic E-state index is 4.59. The lowest BCUT2D eigenvalue weighted by Crippen LogP contribution is -2.21. The van der Waals surface area contributed by atoms with E-state index in [1.165, 1.54) is 5.69 Å². The van der Waals surface area contributed by atoms with Gasteiger partial charge in [-0.2, -0.15) is 5.10 Å². The van der Waals surface area contributed by atoms with Gasteiger partial charge >= 0.3 is 0 Å². The highest BCUT2D eigenvalue weighted by molar-refractivity contribution is 9.10. The smallest absolute Gasteiger partial charge is 0.0946 e. The van der Waals surface area contributed by atoms with Crippen molar-refractivity contribution in [3.8, 4) is 0 Å². The zero-order valence-corrected chi connectivity index (χ0v) is 13.0. The van der Waals surface area contributed by atoms with Crippen LogP contribution in [0, 0.1) is 0 Å². The summed E-state index contributed by atoms with van der Waals surface area (Å²) >= 11 is 3.66. The molecule has 0 aliphatic heterocycles. The van der Waals surface area contributed by atoms with Gasteiger partial charge in [0.05, 0.1) is 22.2 Å². The average molecular weight is 326 g/mol. The topological polar surface area (TPSA) is 47.7 Å². The number of nitrogens with zero attached hydrogens (tertiary/aromatic N) is 4. The number of imidazole rings is 1. The molecule has 0 aromatic carbocycles. The first kappa shape index (κ1) is 14.3. The summed E-state index contributed by atoms with van der Waals surface area (Å²) in [6.45, 7) is 7.82. The molecule has 0 spiro atoms. The lowest BCUT2D eigenvalue weighted by molar-refractivity contribution is 0.552. The highest BCUT2D eigenvalue weighted by Crippen LogP contribution is 2.22. The van der Waals surface area contributed by atoms with Crippen LogP contribution in [-0.4, -0.2) is 25.9 Å². The van der Waals surface area contributed by atoms with E-state index < -0.39 is 0 Å². The molecule has 5 nitrogen and oxygen atoms in total. The monoisotopic (exact) mass is 325 g/mol. The van der Waals surface area contributed by atoms with E-state index >= 15 is 0 Å². The van der Waals surface area contributed by atoms with Crippen molar-refractivity contribution in [1.82, 2.24) is 24.6 Å². The molecule has 6 heteroatoms. The second kappa shape index (κ2) is 6.86. The minimum atomic E-state index is 0.829. The summed E-state index contributed by atoms with van der Waals surface area (Å²) in [4.78, 5) is 4.03. The lowest BCUT2D eigenvalue weighted by Gasteiger charge is -2.08. The van der Waals surface area contributed by atoms with Crippen LogP contribution < -0.4 is 5.32 Å². The van der Waals surface area contributed by atoms with Crippen LogP contribution >= 0.6 is 15.9 Å². The Morgan fingerprint density at radius 3 is 2.84 bits per heavy atom. The van der Waals surface area contributed by atoms with E-state index in [9.17, 15) is 0 Å². The van der Waals surface area contributed by atoms with Crippen LogP contribution in [0.3, 0.4) is 0 Å². The molecule has 0 saturated carbocycles. The van der Waals surface area contributed by atoms with Gasteiger partial charge in [-0.1, -0.05) is 6.92 Å². The number of hydrogen-bond acceptors (Lipinski definition) is 3. The van der Waals surface area contributed by atoms with Crippen molar-refractivity contribution >= 4 is 15.9 Å². The molecule has 0 unspecified atom stereocenters. The van der Waals surface area contributed by atoms with Crippen LogP contribution in [0.15, 0.2) is 23.2 Å². The first-order valence-electron chi connectivity index (χ1n) is 6.66. The predicted octanol–water partition coefficient (Wildman–Crippen LogP) is 2.21. The van der Waals surface area contributed by atoms with E-state index in [0.29, 0.717) is 0 Å². The van der Waals surface area contributed by atoms with Crippen molar-refractivity contribution in [3.63, 3.8) is 0 Å². The third-order valence-electron chi connectivity index (χ3n) is 3.09. The van der Waals surface area contributed by atoms with Crippen LogP contribution in [0.2, 0.25) is 0 Å². The maximum Gasteiger partial charge on any atom is 0.0946 e. The van der Waals surface area contributed by atoms with Gasteiger partial charge in [0.25, 0.3) is 0 Å². The molecule has 0 fully saturated rings. The summed E-state index contributed by atoms with van der Waals surface area (Å²) in [6, 6.07) is 0. The molecule has 2 aromatic rings. The third kappa shape index (κ3) is 3.45. The van der Waals surface area contributed by atoms with Gasteiger partial charge in [-0.15, -0.1) is 0 Å². The Balaban J connectivity index is 1.90. The number of nitrogens with one attached hydrogen (secondary N) is 1. The average Bonchev–Trinajstić information content (AvgIpc) is 3.03. The van der Waals surface area contributed by atoms with Gasteiger partial charge in [0.15, 0.2) is 0 Å². The van der Waals surface area contributed by atoms with Crippen molar-refractivity contribution in [2.45, 2.75) is 39.9 Å². The molecule has 0 radical (unpaired) electrons. The molecule has 0 saturated heterocycles. The predicted molar refractivity (Wildman–Crippen MR) is 78.9 cm³/mol. The number of aromatic nitrogens is 4. The molecule has 2 heterocycles. The fraction of sp³-hybridized carbons (Fsp3) is 0.538. The zero-order chi connectivity index (χ0) is 13.7. The molecule has 2 aromatic heterocycles. The zero-order valence-electron chi connectivity index (χ0n) is 11.4. The van der Waals surface area contributed by atoms with Crippen LogP contribution in [0.5, 0.6) is 0 Å². The van der Waals surface area contributed by atoms with Crippen molar-refractivity contribution in [1.29, 1.82) is 0 Å². The fourth-order valence-corrected chi connectivity index (χ4v) is 2.72. The SMILES string of the molecule is CCc1nn(CC)c(CNCCn2ccnc2)c1Br. The Labute approximate surface area is 122 Å². The van der Waals surface area contributed by atoms with Gasteiger partial charge in [0, 0.05) is 38.6 Å². The third-order valence-corrected chi connectivity index (χ3v) is 4.01. The quantitative estimate of drug-likeness (QED) is 0.794. The second-order valence-corrected chi connectivity index (χ2v) is 5.15. The summed E-state index contributed by atoms with van der Waals surface area (Å²) in [5.41, 5.74) is 2.36. The fourth-order valence-electron chi connectivity index (χ4n) is 2.02. The van der Waals surface area contributed by atoms with Crippen molar-refractivity contribution in [2.24, 2.45) is 0 Å². The molecule has 0 bridgehead atoms. The molecule has 19 heavy (non-hydrogen) atoms. The Bertz CT molecular complexity index is 503. The minimum absolute atomic E-state index is 0.829. The first-order chi connectivity index (χ1) is 9.26. The Morgan fingerprint density at radius 1 is 1.37 bits per heavy atom. The molecule has 0 aliphatic carbocycles. The normalized spacial score (nSPS) is 11.1. The van der Waals surface area contributed by atoms with Crippen LogP contribution in [0.1, 0.15) is 25.2 Å². The number of rotatable bonds is 7. The largest absolute Gasteiger partial charge is 0.336 e. The summed E-state index contributed by atoms with van der Waals surface area (Å²) in [5, 5.41) is 8.04. The standard InChI is InChI=1S/C13H20BrN5/c1-3-11-13(14)12(19(4-2)17-11)9-15-5-7-18-8-6-16-10-18/h6,8,10,15H,3-5,7,9H2,1-2H3. The lowest BCUT2D eigenvalue weighted by atomic mass is 10.3. The van der Waals surface area contributed by atoms with E-state index in [0.717, 1.165) is 42.8 Å². The molecule has 0 aliphatic rings. The van der Waals surface area contributed by atoms with Crippen molar-refractivity contribution in [3.05, 3.63) is 34.6 Å². The van der Waals surface area contributed by atoms with E-state index in [1.807, 2.05) is 12.5 Å². The molecule has 1 N–H and O–H groups in total. The Hall–Kier alpha value is -1.14.